The molecule has 2 aromatic carbocycles. The number of rotatable bonds is 5. The second kappa shape index (κ2) is 7.31. The van der Waals surface area contributed by atoms with Crippen LogP contribution in [0.1, 0.15) is 5.56 Å². The van der Waals surface area contributed by atoms with Gasteiger partial charge in [-0.15, -0.1) is 0 Å². The molecule has 1 atom stereocenters. The van der Waals surface area contributed by atoms with Crippen LogP contribution >= 0.6 is 11.8 Å². The molecule has 0 aliphatic carbocycles. The minimum atomic E-state index is -0.586. The highest BCUT2D eigenvalue weighted by molar-refractivity contribution is 8.15. The van der Waals surface area contributed by atoms with Gasteiger partial charge < -0.3 is 5.32 Å². The number of carbonyl (C=O) groups is 3. The van der Waals surface area contributed by atoms with E-state index in [0.29, 0.717) is 5.69 Å². The number of thioether (sulfide) groups is 1. The average molecular weight is 340 g/mol. The Morgan fingerprint density at radius 1 is 1.00 bits per heavy atom. The largest absolute Gasteiger partial charge is 0.354 e. The Morgan fingerprint density at radius 2 is 1.62 bits per heavy atom. The van der Waals surface area contributed by atoms with Gasteiger partial charge in [0.05, 0.1) is 12.1 Å². The SMILES string of the molecule is O=C(Cc1ccccc1)NCC1SC(=O)N(c2ccccc2)C1=O. The number of hydrogen-bond donors (Lipinski definition) is 1. The molecule has 0 bridgehead atoms. The molecule has 0 aromatic heterocycles. The highest BCUT2D eigenvalue weighted by atomic mass is 32.2. The fourth-order valence-electron chi connectivity index (χ4n) is 2.45. The van der Waals surface area contributed by atoms with Crippen LogP contribution in [-0.4, -0.2) is 28.8 Å². The molecule has 122 valence electrons. The summed E-state index contributed by atoms with van der Waals surface area (Å²) in [6.45, 7) is 0.143. The normalized spacial score (nSPS) is 17.2. The second-order valence-electron chi connectivity index (χ2n) is 5.35. The summed E-state index contributed by atoms with van der Waals surface area (Å²) in [6.07, 6.45) is 0.253. The topological polar surface area (TPSA) is 66.5 Å². The zero-order valence-corrected chi connectivity index (χ0v) is 13.7. The third-order valence-electron chi connectivity index (χ3n) is 3.63. The highest BCUT2D eigenvalue weighted by Crippen LogP contribution is 2.31. The van der Waals surface area contributed by atoms with Crippen molar-refractivity contribution in [2.45, 2.75) is 11.7 Å². The maximum atomic E-state index is 12.4. The fraction of sp³-hybridized carbons (Fsp3) is 0.167. The predicted molar refractivity (Wildman–Crippen MR) is 93.9 cm³/mol. The van der Waals surface area contributed by atoms with E-state index in [0.717, 1.165) is 17.3 Å². The first kappa shape index (κ1) is 16.3. The summed E-state index contributed by atoms with van der Waals surface area (Å²) in [4.78, 5) is 37.7. The van der Waals surface area contributed by atoms with E-state index in [1.165, 1.54) is 4.90 Å². The van der Waals surface area contributed by atoms with Crippen molar-refractivity contribution in [1.82, 2.24) is 5.32 Å². The number of nitrogens with one attached hydrogen (secondary N) is 1. The number of amides is 3. The Labute approximate surface area is 144 Å². The number of anilines is 1. The van der Waals surface area contributed by atoms with E-state index >= 15 is 0 Å². The summed E-state index contributed by atoms with van der Waals surface area (Å²) in [7, 11) is 0. The average Bonchev–Trinajstić information content (AvgIpc) is 2.88. The van der Waals surface area contributed by atoms with Gasteiger partial charge in [-0.25, -0.2) is 4.90 Å². The lowest BCUT2D eigenvalue weighted by Crippen LogP contribution is -2.38. The van der Waals surface area contributed by atoms with Crippen LogP contribution < -0.4 is 10.2 Å². The Kier molecular flexibility index (Phi) is 4.96. The molecular weight excluding hydrogens is 324 g/mol. The van der Waals surface area contributed by atoms with Gasteiger partial charge in [-0.2, -0.15) is 0 Å². The van der Waals surface area contributed by atoms with Crippen LogP contribution in [0.25, 0.3) is 0 Å². The lowest BCUT2D eigenvalue weighted by molar-refractivity contribution is -0.120. The molecule has 1 aliphatic rings. The monoisotopic (exact) mass is 340 g/mol. The lowest BCUT2D eigenvalue weighted by Gasteiger charge is -2.14. The summed E-state index contributed by atoms with van der Waals surface area (Å²) in [6, 6.07) is 18.2. The molecule has 5 nitrogen and oxygen atoms in total. The third kappa shape index (κ3) is 3.65. The van der Waals surface area contributed by atoms with Crippen LogP contribution in [0.2, 0.25) is 0 Å². The van der Waals surface area contributed by atoms with Crippen LogP contribution in [0, 0.1) is 0 Å². The van der Waals surface area contributed by atoms with Crippen molar-refractivity contribution in [1.29, 1.82) is 0 Å². The molecule has 2 aromatic rings. The number of hydrogen-bond acceptors (Lipinski definition) is 4. The predicted octanol–water partition coefficient (Wildman–Crippen LogP) is 2.61. The maximum absolute atomic E-state index is 12.4. The maximum Gasteiger partial charge on any atom is 0.293 e. The van der Waals surface area contributed by atoms with Crippen LogP contribution in [-0.2, 0) is 16.0 Å². The van der Waals surface area contributed by atoms with Gasteiger partial charge in [0.1, 0.15) is 5.25 Å². The summed E-state index contributed by atoms with van der Waals surface area (Å²) >= 11 is 0.948. The molecule has 1 aliphatic heterocycles. The molecule has 3 rings (SSSR count). The number of carbonyl (C=O) groups excluding carboxylic acids is 3. The van der Waals surface area contributed by atoms with E-state index in [1.807, 2.05) is 36.4 Å². The van der Waals surface area contributed by atoms with Crippen molar-refractivity contribution >= 4 is 34.5 Å². The second-order valence-corrected chi connectivity index (χ2v) is 6.50. The molecule has 1 fully saturated rings. The molecule has 0 radical (unpaired) electrons. The molecule has 1 heterocycles. The minimum absolute atomic E-state index is 0.143. The van der Waals surface area contributed by atoms with E-state index in [-0.39, 0.29) is 30.0 Å². The zero-order chi connectivity index (χ0) is 16.9. The smallest absolute Gasteiger partial charge is 0.293 e. The summed E-state index contributed by atoms with van der Waals surface area (Å²) in [5.74, 6) is -0.462. The van der Waals surface area contributed by atoms with Crippen molar-refractivity contribution in [2.24, 2.45) is 0 Å². The van der Waals surface area contributed by atoms with E-state index in [9.17, 15) is 14.4 Å². The van der Waals surface area contributed by atoms with Gasteiger partial charge >= 0.3 is 0 Å². The van der Waals surface area contributed by atoms with Crippen molar-refractivity contribution < 1.29 is 14.4 Å². The quantitative estimate of drug-likeness (QED) is 0.909. The molecule has 0 spiro atoms. The first-order chi connectivity index (χ1) is 11.6. The zero-order valence-electron chi connectivity index (χ0n) is 12.8. The van der Waals surface area contributed by atoms with Crippen molar-refractivity contribution in [3.8, 4) is 0 Å². The fourth-order valence-corrected chi connectivity index (χ4v) is 3.36. The molecule has 0 saturated carbocycles. The number of benzene rings is 2. The van der Waals surface area contributed by atoms with Crippen molar-refractivity contribution in [3.63, 3.8) is 0 Å². The number of nitrogens with zero attached hydrogens (tertiary/aromatic N) is 1. The van der Waals surface area contributed by atoms with Crippen LogP contribution in [0.3, 0.4) is 0 Å². The van der Waals surface area contributed by atoms with Crippen LogP contribution in [0.15, 0.2) is 60.7 Å². The third-order valence-corrected chi connectivity index (χ3v) is 4.67. The van der Waals surface area contributed by atoms with E-state index < -0.39 is 5.25 Å². The Bertz CT molecular complexity index is 749. The standard InChI is InChI=1S/C18H16N2O3S/c21-16(11-13-7-3-1-4-8-13)19-12-15-17(22)20(18(23)24-15)14-9-5-2-6-10-14/h1-10,15H,11-12H2,(H,19,21). The molecular formula is C18H16N2O3S. The lowest BCUT2D eigenvalue weighted by atomic mass is 10.1. The van der Waals surface area contributed by atoms with Crippen LogP contribution in [0.5, 0.6) is 0 Å². The molecule has 24 heavy (non-hydrogen) atoms. The van der Waals surface area contributed by atoms with Crippen molar-refractivity contribution in [3.05, 3.63) is 66.2 Å². The molecule has 1 saturated heterocycles. The number of imide groups is 1. The first-order valence-electron chi connectivity index (χ1n) is 7.55. The summed E-state index contributed by atoms with van der Waals surface area (Å²) in [5, 5.41) is 1.84. The van der Waals surface area contributed by atoms with E-state index in [4.69, 9.17) is 0 Å². The van der Waals surface area contributed by atoms with Gasteiger partial charge in [-0.3, -0.25) is 14.4 Å². The van der Waals surface area contributed by atoms with E-state index in [1.54, 1.807) is 24.3 Å². The Balaban J connectivity index is 1.58. The van der Waals surface area contributed by atoms with Gasteiger partial charge in [0, 0.05) is 6.54 Å². The van der Waals surface area contributed by atoms with Gasteiger partial charge in [0.15, 0.2) is 0 Å². The summed E-state index contributed by atoms with van der Waals surface area (Å²) in [5.41, 5.74) is 1.46. The number of para-hydroxylation sites is 1. The van der Waals surface area contributed by atoms with Gasteiger partial charge in [0.2, 0.25) is 11.8 Å². The Hall–Kier alpha value is -2.60. The van der Waals surface area contributed by atoms with Crippen LogP contribution in [0.4, 0.5) is 10.5 Å². The Morgan fingerprint density at radius 3 is 2.29 bits per heavy atom. The highest BCUT2D eigenvalue weighted by Gasteiger charge is 2.40. The van der Waals surface area contributed by atoms with Gasteiger partial charge in [-0.1, -0.05) is 48.5 Å². The van der Waals surface area contributed by atoms with Gasteiger partial charge in [0.25, 0.3) is 5.24 Å². The molecule has 1 unspecified atom stereocenters. The summed E-state index contributed by atoms with van der Waals surface area (Å²) < 4.78 is 0. The minimum Gasteiger partial charge on any atom is -0.354 e. The molecule has 6 heteroatoms. The van der Waals surface area contributed by atoms with Gasteiger partial charge in [-0.05, 0) is 29.5 Å². The first-order valence-corrected chi connectivity index (χ1v) is 8.43. The molecule has 1 N–H and O–H groups in total. The van der Waals surface area contributed by atoms with Crippen molar-refractivity contribution in [2.75, 3.05) is 11.4 Å². The van der Waals surface area contributed by atoms with E-state index in [2.05, 4.69) is 5.32 Å². The molecule has 3 amide bonds.